The lowest BCUT2D eigenvalue weighted by Crippen LogP contribution is -2.19. The number of benzene rings is 4. The highest BCUT2D eigenvalue weighted by Crippen LogP contribution is 2.25. The summed E-state index contributed by atoms with van der Waals surface area (Å²) in [6, 6.07) is 24.1. The Kier molecular flexibility index (Phi) is 11.2. The number of esters is 2. The highest BCUT2D eigenvalue weighted by atomic mass is 35.5. The van der Waals surface area contributed by atoms with Crippen LogP contribution in [0.2, 0.25) is 10.0 Å². The smallest absolute Gasteiger partial charge is 0.345 e. The second kappa shape index (κ2) is 15.5. The van der Waals surface area contributed by atoms with Crippen molar-refractivity contribution in [3.05, 3.63) is 129 Å². The van der Waals surface area contributed by atoms with Gasteiger partial charge >= 0.3 is 11.9 Å². The van der Waals surface area contributed by atoms with Gasteiger partial charge in [-0.3, -0.25) is 9.59 Å². The van der Waals surface area contributed by atoms with Gasteiger partial charge in [-0.2, -0.15) is 5.10 Å². The molecule has 0 aliphatic rings. The predicted molar refractivity (Wildman–Crippen MR) is 174 cm³/mol. The van der Waals surface area contributed by atoms with Crippen LogP contribution in [0.4, 0.5) is 5.69 Å². The lowest BCUT2D eigenvalue weighted by molar-refractivity contribution is -0.129. The van der Waals surface area contributed by atoms with Crippen LogP contribution in [0.5, 0.6) is 11.5 Å². The number of hydrogen-bond donors (Lipinski definition) is 2. The monoisotopic (exact) mass is 643 g/mol. The molecule has 0 aromatic heterocycles. The first-order chi connectivity index (χ1) is 21.6. The third-order valence-electron chi connectivity index (χ3n) is 6.11. The molecule has 0 bridgehead atoms. The van der Waals surface area contributed by atoms with E-state index in [0.717, 1.165) is 0 Å². The van der Waals surface area contributed by atoms with Gasteiger partial charge in [-0.25, -0.2) is 15.0 Å². The molecule has 4 rings (SSSR count). The summed E-state index contributed by atoms with van der Waals surface area (Å²) < 4.78 is 11.0. The fourth-order valence-corrected chi connectivity index (χ4v) is 4.20. The number of para-hydroxylation sites is 2. The number of halogens is 2. The molecular formula is C34H27Cl2N3O6. The maximum absolute atomic E-state index is 12.7. The van der Waals surface area contributed by atoms with Crippen LogP contribution in [0.15, 0.2) is 102 Å². The summed E-state index contributed by atoms with van der Waals surface area (Å²) in [4.78, 5) is 49.7. The van der Waals surface area contributed by atoms with Gasteiger partial charge in [0.2, 0.25) is 5.91 Å². The summed E-state index contributed by atoms with van der Waals surface area (Å²) in [5, 5.41) is 7.27. The van der Waals surface area contributed by atoms with Crippen LogP contribution in [0.1, 0.15) is 45.7 Å². The molecule has 9 nitrogen and oxygen atoms in total. The van der Waals surface area contributed by atoms with Crippen LogP contribution >= 0.6 is 23.2 Å². The molecule has 0 atom stereocenters. The average molecular weight is 645 g/mol. The number of carbonyl (C=O) groups is 4. The van der Waals surface area contributed by atoms with Crippen LogP contribution in [-0.4, -0.2) is 30.0 Å². The van der Waals surface area contributed by atoms with Gasteiger partial charge in [-0.05, 0) is 66.7 Å². The third kappa shape index (κ3) is 9.37. The van der Waals surface area contributed by atoms with Gasteiger partial charge in [0, 0.05) is 39.4 Å². The van der Waals surface area contributed by atoms with Crippen molar-refractivity contribution in [3.63, 3.8) is 0 Å². The van der Waals surface area contributed by atoms with E-state index in [1.54, 1.807) is 86.6 Å². The minimum absolute atomic E-state index is 0.127. The Balaban J connectivity index is 1.37. The fourth-order valence-electron chi connectivity index (χ4n) is 3.72. The quantitative estimate of drug-likeness (QED) is 0.0620. The van der Waals surface area contributed by atoms with E-state index in [9.17, 15) is 19.2 Å². The third-order valence-corrected chi connectivity index (χ3v) is 6.66. The second-order valence-corrected chi connectivity index (χ2v) is 10.6. The molecule has 45 heavy (non-hydrogen) atoms. The van der Waals surface area contributed by atoms with Gasteiger partial charge in [-0.15, -0.1) is 0 Å². The van der Waals surface area contributed by atoms with Crippen molar-refractivity contribution >= 4 is 64.9 Å². The van der Waals surface area contributed by atoms with Gasteiger partial charge in [0.05, 0.1) is 16.8 Å². The fraction of sp³-hybridized carbons (Fsp3) is 0.0882. The van der Waals surface area contributed by atoms with Gasteiger partial charge in [0.1, 0.15) is 11.5 Å². The van der Waals surface area contributed by atoms with Crippen molar-refractivity contribution in [3.8, 4) is 11.5 Å². The van der Waals surface area contributed by atoms with Crippen LogP contribution in [0, 0.1) is 5.92 Å². The van der Waals surface area contributed by atoms with E-state index in [4.69, 9.17) is 32.7 Å². The molecule has 0 fully saturated rings. The molecule has 228 valence electrons. The number of hydrogen-bond acceptors (Lipinski definition) is 7. The Morgan fingerprint density at radius 1 is 0.800 bits per heavy atom. The Bertz CT molecular complexity index is 1790. The maximum Gasteiger partial charge on any atom is 0.345 e. The van der Waals surface area contributed by atoms with E-state index in [2.05, 4.69) is 15.8 Å². The standard InChI is InChI=1S/C34H27Cl2N3O6/c1-21(2)32(41)38-26-15-11-23(12-16-26)33(42)39-37-20-24-8-4-6-10-30(24)44-31(40)18-13-22-7-3-5-9-29(22)45-34(43)27-17-14-25(35)19-28(27)36/h3-21H,1-2H3,(H,38,41)(H,39,42)/b18-13+,37-20+. The molecule has 0 unspecified atom stereocenters. The van der Waals surface area contributed by atoms with Crippen molar-refractivity contribution in [2.75, 3.05) is 5.32 Å². The molecular weight excluding hydrogens is 617 g/mol. The molecule has 2 amide bonds. The highest BCUT2D eigenvalue weighted by Gasteiger charge is 2.15. The summed E-state index contributed by atoms with van der Waals surface area (Å²) in [5.74, 6) is -1.75. The van der Waals surface area contributed by atoms with Crippen LogP contribution < -0.4 is 20.2 Å². The molecule has 0 saturated heterocycles. The number of amides is 2. The molecule has 2 N–H and O–H groups in total. The second-order valence-electron chi connectivity index (χ2n) is 9.76. The summed E-state index contributed by atoms with van der Waals surface area (Å²) in [6.45, 7) is 3.57. The van der Waals surface area contributed by atoms with Gasteiger partial charge in [0.15, 0.2) is 0 Å². The topological polar surface area (TPSA) is 123 Å². The van der Waals surface area contributed by atoms with Crippen molar-refractivity contribution < 1.29 is 28.7 Å². The Labute approximate surface area is 269 Å². The van der Waals surface area contributed by atoms with Crippen molar-refractivity contribution in [2.45, 2.75) is 13.8 Å². The first-order valence-electron chi connectivity index (χ1n) is 13.6. The normalized spacial score (nSPS) is 11.0. The Hall–Kier alpha value is -5.25. The number of nitrogens with zero attached hydrogens (tertiary/aromatic N) is 1. The summed E-state index contributed by atoms with van der Waals surface area (Å²) in [5.41, 5.74) is 4.35. The molecule has 0 spiro atoms. The number of nitrogens with one attached hydrogen (secondary N) is 2. The number of ether oxygens (including phenoxy) is 2. The van der Waals surface area contributed by atoms with Crippen molar-refractivity contribution in [1.82, 2.24) is 5.43 Å². The van der Waals surface area contributed by atoms with Crippen molar-refractivity contribution in [1.29, 1.82) is 0 Å². The van der Waals surface area contributed by atoms with E-state index in [0.29, 0.717) is 27.4 Å². The molecule has 0 aliphatic carbocycles. The molecule has 4 aromatic carbocycles. The van der Waals surface area contributed by atoms with E-state index in [1.165, 1.54) is 36.6 Å². The number of rotatable bonds is 10. The zero-order chi connectivity index (χ0) is 32.3. The summed E-state index contributed by atoms with van der Waals surface area (Å²) in [6.07, 6.45) is 3.98. The average Bonchev–Trinajstić information content (AvgIpc) is 3.01. The van der Waals surface area contributed by atoms with Crippen molar-refractivity contribution in [2.24, 2.45) is 11.0 Å². The molecule has 0 aliphatic heterocycles. The van der Waals surface area contributed by atoms with Gasteiger partial charge < -0.3 is 14.8 Å². The molecule has 0 saturated carbocycles. The zero-order valence-electron chi connectivity index (χ0n) is 24.1. The largest absolute Gasteiger partial charge is 0.423 e. The molecule has 4 aromatic rings. The minimum Gasteiger partial charge on any atom is -0.423 e. The number of carbonyl (C=O) groups excluding carboxylic acids is 4. The van der Waals surface area contributed by atoms with E-state index >= 15 is 0 Å². The molecule has 11 heteroatoms. The van der Waals surface area contributed by atoms with E-state index < -0.39 is 17.8 Å². The number of hydrazone groups is 1. The number of anilines is 1. The molecule has 0 heterocycles. The lowest BCUT2D eigenvalue weighted by atomic mass is 10.1. The maximum atomic E-state index is 12.7. The summed E-state index contributed by atoms with van der Waals surface area (Å²) >= 11 is 12.0. The SMILES string of the molecule is CC(C)C(=O)Nc1ccc(C(=O)N/N=C/c2ccccc2OC(=O)/C=C/c2ccccc2OC(=O)c2ccc(Cl)cc2Cl)cc1. The highest BCUT2D eigenvalue weighted by molar-refractivity contribution is 6.36. The van der Waals surface area contributed by atoms with Crippen LogP contribution in [-0.2, 0) is 9.59 Å². The summed E-state index contributed by atoms with van der Waals surface area (Å²) in [7, 11) is 0. The first-order valence-corrected chi connectivity index (χ1v) is 14.4. The van der Waals surface area contributed by atoms with Gasteiger partial charge in [0.25, 0.3) is 5.91 Å². The Morgan fingerprint density at radius 3 is 2.11 bits per heavy atom. The van der Waals surface area contributed by atoms with E-state index in [1.807, 2.05) is 0 Å². The van der Waals surface area contributed by atoms with Crippen LogP contribution in [0.25, 0.3) is 6.08 Å². The first kappa shape index (κ1) is 32.7. The van der Waals surface area contributed by atoms with Gasteiger partial charge in [-0.1, -0.05) is 67.4 Å². The Morgan fingerprint density at radius 2 is 1.44 bits per heavy atom. The lowest BCUT2D eigenvalue weighted by Gasteiger charge is -2.09. The zero-order valence-corrected chi connectivity index (χ0v) is 25.6. The van der Waals surface area contributed by atoms with Crippen LogP contribution in [0.3, 0.4) is 0 Å². The molecule has 0 radical (unpaired) electrons. The van der Waals surface area contributed by atoms with E-state index in [-0.39, 0.29) is 33.9 Å². The minimum atomic E-state index is -0.702. The predicted octanol–water partition coefficient (Wildman–Crippen LogP) is 7.19.